The van der Waals surface area contributed by atoms with Crippen molar-refractivity contribution >= 4 is 21.4 Å². The molecule has 0 radical (unpaired) electrons. The van der Waals surface area contributed by atoms with Crippen molar-refractivity contribution in [3.8, 4) is 0 Å². The lowest BCUT2D eigenvalue weighted by molar-refractivity contribution is 0.467. The molecule has 0 saturated heterocycles. The average molecular weight is 326 g/mol. The second-order valence-corrected chi connectivity index (χ2v) is 8.34. The predicted molar refractivity (Wildman–Crippen MR) is 84.2 cm³/mol. The number of thiazole rings is 1. The Bertz CT molecular complexity index is 819. The maximum absolute atomic E-state index is 12.5. The van der Waals surface area contributed by atoms with Crippen LogP contribution in [0.25, 0.3) is 0 Å². The molecule has 0 unspecified atom stereocenters. The normalized spacial score (nSPS) is 12.0. The van der Waals surface area contributed by atoms with Gasteiger partial charge in [-0.15, -0.1) is 0 Å². The highest BCUT2D eigenvalue weighted by atomic mass is 32.2. The number of aromatic nitrogens is 1. The Labute approximate surface area is 128 Å². The maximum atomic E-state index is 12.5. The third-order valence-corrected chi connectivity index (χ3v) is 6.70. The zero-order valence-electron chi connectivity index (χ0n) is 12.4. The number of rotatable bonds is 4. The summed E-state index contributed by atoms with van der Waals surface area (Å²) in [7, 11) is -2.13. The van der Waals surface area contributed by atoms with E-state index in [2.05, 4.69) is 4.98 Å². The first-order chi connectivity index (χ1) is 9.71. The Hall–Kier alpha value is -1.44. The van der Waals surface area contributed by atoms with Gasteiger partial charge in [0.05, 0.1) is 0 Å². The van der Waals surface area contributed by atoms with Gasteiger partial charge in [-0.2, -0.15) is 4.31 Å². The van der Waals surface area contributed by atoms with E-state index >= 15 is 0 Å². The summed E-state index contributed by atoms with van der Waals surface area (Å²) in [5, 5.41) is 0. The second-order valence-electron chi connectivity index (χ2n) is 5.12. The molecule has 2 rings (SSSR count). The molecule has 114 valence electrons. The van der Waals surface area contributed by atoms with Crippen molar-refractivity contribution in [3.05, 3.63) is 50.3 Å². The van der Waals surface area contributed by atoms with Crippen LogP contribution in [0.3, 0.4) is 0 Å². The summed E-state index contributed by atoms with van der Waals surface area (Å²) in [5.74, 6) is 0. The molecule has 0 fully saturated rings. The largest absolute Gasteiger partial charge is 0.315 e. The molecular formula is C14H18N2O3S2. The molecule has 0 aliphatic carbocycles. The van der Waals surface area contributed by atoms with Gasteiger partial charge in [0.1, 0.15) is 0 Å². The molecule has 0 saturated carbocycles. The molecule has 0 aliphatic heterocycles. The van der Waals surface area contributed by atoms with Crippen molar-refractivity contribution < 1.29 is 8.42 Å². The zero-order valence-corrected chi connectivity index (χ0v) is 14.1. The van der Waals surface area contributed by atoms with Crippen LogP contribution in [0.2, 0.25) is 0 Å². The second kappa shape index (κ2) is 5.75. The van der Waals surface area contributed by atoms with Gasteiger partial charge in [0.15, 0.2) is 4.21 Å². The summed E-state index contributed by atoms with van der Waals surface area (Å²) in [6, 6.07) is 5.92. The van der Waals surface area contributed by atoms with E-state index in [0.29, 0.717) is 5.69 Å². The number of aryl methyl sites for hydroxylation is 3. The SMILES string of the molecule is Cc1ccc(CN(C)S(=O)(=O)c2sc(=O)[nH]c2C)c(C)c1. The first-order valence-electron chi connectivity index (χ1n) is 6.44. The van der Waals surface area contributed by atoms with Crippen LogP contribution in [-0.4, -0.2) is 24.8 Å². The Morgan fingerprint density at radius 2 is 1.90 bits per heavy atom. The molecule has 7 heteroatoms. The number of benzene rings is 1. The lowest BCUT2D eigenvalue weighted by Crippen LogP contribution is -2.26. The fourth-order valence-electron chi connectivity index (χ4n) is 2.13. The van der Waals surface area contributed by atoms with Gasteiger partial charge in [0, 0.05) is 19.3 Å². The molecule has 1 aromatic heterocycles. The molecule has 21 heavy (non-hydrogen) atoms. The third kappa shape index (κ3) is 3.25. The first-order valence-corrected chi connectivity index (χ1v) is 8.69. The van der Waals surface area contributed by atoms with Crippen LogP contribution in [0.5, 0.6) is 0 Å². The number of nitrogens with zero attached hydrogens (tertiary/aromatic N) is 1. The van der Waals surface area contributed by atoms with Gasteiger partial charge >= 0.3 is 4.87 Å². The van der Waals surface area contributed by atoms with Crippen molar-refractivity contribution in [2.24, 2.45) is 0 Å². The number of sulfonamides is 1. The summed E-state index contributed by atoms with van der Waals surface area (Å²) in [6.07, 6.45) is 0. The molecule has 2 aromatic rings. The Kier molecular flexibility index (Phi) is 4.36. The van der Waals surface area contributed by atoms with Gasteiger partial charge in [-0.05, 0) is 31.9 Å². The van der Waals surface area contributed by atoms with Crippen molar-refractivity contribution in [1.29, 1.82) is 0 Å². The van der Waals surface area contributed by atoms with Crippen molar-refractivity contribution in [2.75, 3.05) is 7.05 Å². The van der Waals surface area contributed by atoms with E-state index in [9.17, 15) is 13.2 Å². The number of nitrogens with one attached hydrogen (secondary N) is 1. The lowest BCUT2D eigenvalue weighted by atomic mass is 10.1. The minimum atomic E-state index is -3.65. The quantitative estimate of drug-likeness (QED) is 0.936. The summed E-state index contributed by atoms with van der Waals surface area (Å²) < 4.78 is 26.4. The van der Waals surface area contributed by atoms with Gasteiger partial charge in [-0.25, -0.2) is 8.42 Å². The Morgan fingerprint density at radius 3 is 2.43 bits per heavy atom. The van der Waals surface area contributed by atoms with E-state index in [-0.39, 0.29) is 15.6 Å². The van der Waals surface area contributed by atoms with E-state index in [1.807, 2.05) is 32.0 Å². The zero-order chi connectivity index (χ0) is 15.8. The summed E-state index contributed by atoms with van der Waals surface area (Å²) in [6.45, 7) is 5.83. The molecule has 0 atom stereocenters. The monoisotopic (exact) mass is 326 g/mol. The summed E-state index contributed by atoms with van der Waals surface area (Å²) in [5.41, 5.74) is 3.53. The molecule has 5 nitrogen and oxygen atoms in total. The molecule has 0 amide bonds. The van der Waals surface area contributed by atoms with Crippen LogP contribution in [0.4, 0.5) is 0 Å². The highest BCUT2D eigenvalue weighted by Crippen LogP contribution is 2.22. The standard InChI is InChI=1S/C14H18N2O3S2/c1-9-5-6-12(10(2)7-9)8-16(4)21(18,19)13-11(3)15-14(17)20-13/h5-7H,8H2,1-4H3,(H,15,17). The van der Waals surface area contributed by atoms with Gasteiger partial charge in [0.2, 0.25) is 0 Å². The number of hydrogen-bond donors (Lipinski definition) is 1. The molecular weight excluding hydrogens is 308 g/mol. The highest BCUT2D eigenvalue weighted by molar-refractivity contribution is 7.91. The Morgan fingerprint density at radius 1 is 1.24 bits per heavy atom. The van der Waals surface area contributed by atoms with Crippen LogP contribution >= 0.6 is 11.3 Å². The molecule has 0 bridgehead atoms. The van der Waals surface area contributed by atoms with E-state index in [4.69, 9.17) is 0 Å². The molecule has 1 heterocycles. The lowest BCUT2D eigenvalue weighted by Gasteiger charge is -2.18. The average Bonchev–Trinajstić information content (AvgIpc) is 2.72. The number of aromatic amines is 1. The first kappa shape index (κ1) is 15.9. The Balaban J connectivity index is 2.33. The highest BCUT2D eigenvalue weighted by Gasteiger charge is 2.26. The fraction of sp³-hybridized carbons (Fsp3) is 0.357. The third-order valence-electron chi connectivity index (χ3n) is 3.32. The van der Waals surface area contributed by atoms with Gasteiger partial charge < -0.3 is 4.98 Å². The minimum absolute atomic E-state index is 0.0831. The molecule has 0 spiro atoms. The smallest absolute Gasteiger partial charge is 0.305 e. The summed E-state index contributed by atoms with van der Waals surface area (Å²) in [4.78, 5) is 13.5. The van der Waals surface area contributed by atoms with Crippen LogP contribution < -0.4 is 4.87 Å². The molecule has 1 aromatic carbocycles. The van der Waals surface area contributed by atoms with Gasteiger partial charge in [-0.3, -0.25) is 4.79 Å². The minimum Gasteiger partial charge on any atom is -0.315 e. The van der Waals surface area contributed by atoms with E-state index in [1.54, 1.807) is 6.92 Å². The van der Waals surface area contributed by atoms with E-state index in [0.717, 1.165) is 28.0 Å². The van der Waals surface area contributed by atoms with Crippen molar-refractivity contribution in [3.63, 3.8) is 0 Å². The van der Waals surface area contributed by atoms with Gasteiger partial charge in [0.25, 0.3) is 10.0 Å². The van der Waals surface area contributed by atoms with Crippen molar-refractivity contribution in [2.45, 2.75) is 31.5 Å². The van der Waals surface area contributed by atoms with E-state index in [1.165, 1.54) is 11.4 Å². The summed E-state index contributed by atoms with van der Waals surface area (Å²) >= 11 is 0.726. The topological polar surface area (TPSA) is 70.2 Å². The predicted octanol–water partition coefficient (Wildman–Crippen LogP) is 2.18. The fourth-order valence-corrected chi connectivity index (χ4v) is 4.76. The van der Waals surface area contributed by atoms with Crippen molar-refractivity contribution in [1.82, 2.24) is 9.29 Å². The maximum Gasteiger partial charge on any atom is 0.305 e. The van der Waals surface area contributed by atoms with E-state index < -0.39 is 10.0 Å². The number of hydrogen-bond acceptors (Lipinski definition) is 4. The van der Waals surface area contributed by atoms with Crippen LogP contribution in [0.1, 0.15) is 22.4 Å². The number of H-pyrrole nitrogens is 1. The molecule has 1 N–H and O–H groups in total. The molecule has 0 aliphatic rings. The van der Waals surface area contributed by atoms with Crippen LogP contribution in [0, 0.1) is 20.8 Å². The van der Waals surface area contributed by atoms with Crippen LogP contribution in [-0.2, 0) is 16.6 Å². The van der Waals surface area contributed by atoms with Crippen LogP contribution in [0.15, 0.2) is 27.2 Å². The van der Waals surface area contributed by atoms with Gasteiger partial charge in [-0.1, -0.05) is 35.1 Å².